The van der Waals surface area contributed by atoms with Gasteiger partial charge in [0.05, 0.1) is 12.1 Å². The van der Waals surface area contributed by atoms with Crippen molar-refractivity contribution in [1.29, 1.82) is 0 Å². The molecule has 2 N–H and O–H groups in total. The summed E-state index contributed by atoms with van der Waals surface area (Å²) < 4.78 is 10.1. The van der Waals surface area contributed by atoms with Crippen molar-refractivity contribution in [3.63, 3.8) is 0 Å². The van der Waals surface area contributed by atoms with Gasteiger partial charge in [0.1, 0.15) is 0 Å². The number of aromatic nitrogens is 1. The number of anilines is 1. The van der Waals surface area contributed by atoms with Crippen molar-refractivity contribution in [2.45, 2.75) is 13.2 Å². The maximum absolute atomic E-state index is 11.1. The second-order valence-corrected chi connectivity index (χ2v) is 4.83. The summed E-state index contributed by atoms with van der Waals surface area (Å²) in [5, 5.41) is 3.33. The Kier molecular flexibility index (Phi) is 3.75. The Morgan fingerprint density at radius 2 is 2.05 bits per heavy atom. The summed E-state index contributed by atoms with van der Waals surface area (Å²) in [4.78, 5) is 13.8. The summed E-state index contributed by atoms with van der Waals surface area (Å²) in [5.74, 6) is -0.436. The fourth-order valence-corrected chi connectivity index (χ4v) is 2.26. The fourth-order valence-electron chi connectivity index (χ4n) is 2.26. The van der Waals surface area contributed by atoms with Crippen molar-refractivity contribution >= 4 is 16.8 Å². The van der Waals surface area contributed by atoms with E-state index in [-0.39, 0.29) is 0 Å². The van der Waals surface area contributed by atoms with Crippen LogP contribution in [-0.2, 0) is 17.9 Å². The van der Waals surface area contributed by atoms with Crippen molar-refractivity contribution in [3.05, 3.63) is 64.1 Å². The smallest absolute Gasteiger partial charge is 0.408 e. The van der Waals surface area contributed by atoms with Crippen LogP contribution in [0.2, 0.25) is 0 Å². The first-order valence-electron chi connectivity index (χ1n) is 6.68. The number of H-pyrrole nitrogens is 1. The van der Waals surface area contributed by atoms with Gasteiger partial charge in [0.15, 0.2) is 5.58 Å². The zero-order chi connectivity index (χ0) is 14.7. The molecule has 0 aliphatic heterocycles. The summed E-state index contributed by atoms with van der Waals surface area (Å²) in [6.07, 6.45) is 0. The molecule has 0 radical (unpaired) electrons. The molecule has 5 heteroatoms. The van der Waals surface area contributed by atoms with E-state index in [0.29, 0.717) is 24.3 Å². The van der Waals surface area contributed by atoms with E-state index < -0.39 is 5.76 Å². The Labute approximate surface area is 121 Å². The van der Waals surface area contributed by atoms with Crippen LogP contribution in [-0.4, -0.2) is 12.1 Å². The minimum atomic E-state index is -0.436. The number of nitrogens with one attached hydrogen (secondary N) is 2. The van der Waals surface area contributed by atoms with Crippen LogP contribution in [0.5, 0.6) is 0 Å². The van der Waals surface area contributed by atoms with Crippen LogP contribution in [0.25, 0.3) is 11.1 Å². The number of methoxy groups -OCH3 is 1. The van der Waals surface area contributed by atoms with Crippen molar-refractivity contribution in [2.75, 3.05) is 12.4 Å². The number of hydrogen-bond acceptors (Lipinski definition) is 4. The van der Waals surface area contributed by atoms with Gasteiger partial charge in [-0.25, -0.2) is 4.79 Å². The maximum Gasteiger partial charge on any atom is 0.417 e. The second-order valence-electron chi connectivity index (χ2n) is 4.83. The molecule has 0 atom stereocenters. The van der Waals surface area contributed by atoms with E-state index in [0.717, 1.165) is 11.3 Å². The van der Waals surface area contributed by atoms with Crippen LogP contribution in [0.3, 0.4) is 0 Å². The van der Waals surface area contributed by atoms with Gasteiger partial charge >= 0.3 is 5.76 Å². The standard InChI is InChI=1S/C16H16N2O3/c1-20-10-12-4-2-3-11(7-12)9-17-13-5-6-15-14(8-13)18-16(19)21-15/h2-8,17H,9-10H2,1H3,(H,18,19). The molecule has 108 valence electrons. The normalized spacial score (nSPS) is 10.9. The lowest BCUT2D eigenvalue weighted by Gasteiger charge is -2.08. The van der Waals surface area contributed by atoms with Crippen LogP contribution >= 0.6 is 0 Å². The van der Waals surface area contributed by atoms with E-state index in [1.807, 2.05) is 24.3 Å². The summed E-state index contributed by atoms with van der Waals surface area (Å²) >= 11 is 0. The highest BCUT2D eigenvalue weighted by atomic mass is 16.5. The van der Waals surface area contributed by atoms with E-state index in [9.17, 15) is 4.79 Å². The molecule has 5 nitrogen and oxygen atoms in total. The third-order valence-corrected chi connectivity index (χ3v) is 3.22. The number of ether oxygens (including phenoxy) is 1. The van der Waals surface area contributed by atoms with Gasteiger partial charge in [-0.05, 0) is 29.3 Å². The minimum Gasteiger partial charge on any atom is -0.408 e. The first-order chi connectivity index (χ1) is 10.2. The fraction of sp³-hybridized carbons (Fsp3) is 0.188. The van der Waals surface area contributed by atoms with E-state index in [4.69, 9.17) is 9.15 Å². The zero-order valence-corrected chi connectivity index (χ0v) is 11.7. The van der Waals surface area contributed by atoms with Crippen LogP contribution < -0.4 is 11.1 Å². The van der Waals surface area contributed by atoms with Gasteiger partial charge < -0.3 is 14.5 Å². The Balaban J connectivity index is 1.73. The van der Waals surface area contributed by atoms with E-state index in [1.165, 1.54) is 5.56 Å². The second kappa shape index (κ2) is 5.85. The molecule has 0 aliphatic carbocycles. The Bertz CT molecular complexity index is 804. The SMILES string of the molecule is COCc1cccc(CNc2ccc3oc(=O)[nH]c3c2)c1. The van der Waals surface area contributed by atoms with Crippen LogP contribution in [0, 0.1) is 0 Å². The number of fused-ring (bicyclic) bond motifs is 1. The quantitative estimate of drug-likeness (QED) is 0.756. The monoisotopic (exact) mass is 284 g/mol. The molecular weight excluding hydrogens is 268 g/mol. The van der Waals surface area contributed by atoms with Gasteiger partial charge in [-0.15, -0.1) is 0 Å². The molecule has 0 saturated carbocycles. The highest BCUT2D eigenvalue weighted by Gasteiger charge is 2.02. The molecule has 1 aromatic heterocycles. The molecule has 1 heterocycles. The first kappa shape index (κ1) is 13.5. The molecule has 0 unspecified atom stereocenters. The average Bonchev–Trinajstić information content (AvgIpc) is 2.85. The predicted octanol–water partition coefficient (Wildman–Crippen LogP) is 2.88. The molecule has 0 saturated heterocycles. The molecule has 0 aliphatic rings. The molecule has 0 spiro atoms. The van der Waals surface area contributed by atoms with E-state index in [2.05, 4.69) is 22.4 Å². The van der Waals surface area contributed by atoms with Crippen LogP contribution in [0.4, 0.5) is 5.69 Å². The molecule has 3 aromatic rings. The largest absolute Gasteiger partial charge is 0.417 e. The highest BCUT2D eigenvalue weighted by Crippen LogP contribution is 2.17. The summed E-state index contributed by atoms with van der Waals surface area (Å²) in [6.45, 7) is 1.31. The average molecular weight is 284 g/mol. The maximum atomic E-state index is 11.1. The Morgan fingerprint density at radius 1 is 1.19 bits per heavy atom. The lowest BCUT2D eigenvalue weighted by atomic mass is 10.1. The molecule has 0 bridgehead atoms. The molecule has 3 rings (SSSR count). The molecule has 21 heavy (non-hydrogen) atoms. The van der Waals surface area contributed by atoms with Gasteiger partial charge in [-0.3, -0.25) is 4.98 Å². The number of rotatable bonds is 5. The molecule has 0 amide bonds. The van der Waals surface area contributed by atoms with Crippen molar-refractivity contribution in [2.24, 2.45) is 0 Å². The topological polar surface area (TPSA) is 67.3 Å². The number of benzene rings is 2. The molecule has 2 aromatic carbocycles. The van der Waals surface area contributed by atoms with Crippen LogP contribution in [0.1, 0.15) is 11.1 Å². The first-order valence-corrected chi connectivity index (χ1v) is 6.68. The Hall–Kier alpha value is -2.53. The van der Waals surface area contributed by atoms with Crippen LogP contribution in [0.15, 0.2) is 51.7 Å². The van der Waals surface area contributed by atoms with Gasteiger partial charge in [0, 0.05) is 19.3 Å². The van der Waals surface area contributed by atoms with E-state index >= 15 is 0 Å². The van der Waals surface area contributed by atoms with Gasteiger partial charge in [0.2, 0.25) is 0 Å². The number of aromatic amines is 1. The predicted molar refractivity (Wildman–Crippen MR) is 81.3 cm³/mol. The lowest BCUT2D eigenvalue weighted by molar-refractivity contribution is 0.185. The lowest BCUT2D eigenvalue weighted by Crippen LogP contribution is -2.00. The minimum absolute atomic E-state index is 0.436. The molecular formula is C16H16N2O3. The van der Waals surface area contributed by atoms with Crippen molar-refractivity contribution < 1.29 is 9.15 Å². The number of oxazole rings is 1. The Morgan fingerprint density at radius 3 is 2.90 bits per heavy atom. The van der Waals surface area contributed by atoms with Gasteiger partial charge in [-0.2, -0.15) is 0 Å². The third-order valence-electron chi connectivity index (χ3n) is 3.22. The number of hydrogen-bond donors (Lipinski definition) is 2. The molecule has 0 fully saturated rings. The third kappa shape index (κ3) is 3.14. The zero-order valence-electron chi connectivity index (χ0n) is 11.7. The van der Waals surface area contributed by atoms with Gasteiger partial charge in [-0.1, -0.05) is 24.3 Å². The summed E-state index contributed by atoms with van der Waals surface area (Å²) in [6, 6.07) is 13.7. The van der Waals surface area contributed by atoms with Crippen molar-refractivity contribution in [1.82, 2.24) is 4.98 Å². The van der Waals surface area contributed by atoms with E-state index in [1.54, 1.807) is 13.2 Å². The summed E-state index contributed by atoms with van der Waals surface area (Å²) in [5.41, 5.74) is 4.50. The summed E-state index contributed by atoms with van der Waals surface area (Å²) in [7, 11) is 1.69. The highest BCUT2D eigenvalue weighted by molar-refractivity contribution is 5.76. The van der Waals surface area contributed by atoms with Crippen molar-refractivity contribution in [3.8, 4) is 0 Å². The van der Waals surface area contributed by atoms with Gasteiger partial charge in [0.25, 0.3) is 0 Å².